The van der Waals surface area contributed by atoms with E-state index in [-0.39, 0.29) is 6.10 Å². The second kappa shape index (κ2) is 5.73. The molecule has 10 atom stereocenters. The van der Waals surface area contributed by atoms with Crippen LogP contribution in [0.3, 0.4) is 0 Å². The minimum Gasteiger partial charge on any atom is -0.393 e. The predicted octanol–water partition coefficient (Wildman–Crippen LogP) is 6.05. The van der Waals surface area contributed by atoms with Crippen LogP contribution in [0.4, 0.5) is 0 Å². The normalized spacial score (nSPS) is 61.0. The Labute approximate surface area is 155 Å². The maximum atomic E-state index is 10.5. The molecule has 1 nitrogen and oxygen atoms in total. The lowest BCUT2D eigenvalue weighted by Crippen LogP contribution is -2.60. The third-order valence-corrected chi connectivity index (χ3v) is 10.9. The first-order valence-electron chi connectivity index (χ1n) is 11.6. The van der Waals surface area contributed by atoms with Crippen LogP contribution in [0.25, 0.3) is 0 Å². The fraction of sp³-hybridized carbons (Fsp3) is 1.00. The Morgan fingerprint density at radius 1 is 0.720 bits per heavy atom. The van der Waals surface area contributed by atoms with Gasteiger partial charge in [-0.25, -0.2) is 0 Å². The molecule has 5 aliphatic rings. The second-order valence-electron chi connectivity index (χ2n) is 11.5. The summed E-state index contributed by atoms with van der Waals surface area (Å²) in [6, 6.07) is 0. The van der Waals surface area contributed by atoms with Gasteiger partial charge in [0.05, 0.1) is 6.10 Å². The number of hydrogen-bond acceptors (Lipinski definition) is 1. The molecule has 0 saturated heterocycles. The zero-order chi connectivity index (χ0) is 17.4. The highest BCUT2D eigenvalue weighted by molar-refractivity contribution is 5.11. The highest BCUT2D eigenvalue weighted by Crippen LogP contribution is 2.70. The smallest absolute Gasteiger partial charge is 0.0568 e. The van der Waals surface area contributed by atoms with E-state index in [4.69, 9.17) is 0 Å². The van der Waals surface area contributed by atoms with Gasteiger partial charge in [-0.15, -0.1) is 0 Å². The summed E-state index contributed by atoms with van der Waals surface area (Å²) in [4.78, 5) is 0. The van der Waals surface area contributed by atoms with Crippen LogP contribution in [-0.4, -0.2) is 11.2 Å². The van der Waals surface area contributed by atoms with Crippen LogP contribution >= 0.6 is 0 Å². The highest BCUT2D eigenvalue weighted by Gasteiger charge is 2.62. The van der Waals surface area contributed by atoms with E-state index in [2.05, 4.69) is 20.8 Å². The van der Waals surface area contributed by atoms with Crippen LogP contribution in [0.2, 0.25) is 0 Å². The fourth-order valence-electron chi connectivity index (χ4n) is 9.79. The molecule has 0 amide bonds. The van der Waals surface area contributed by atoms with Crippen LogP contribution in [0.15, 0.2) is 0 Å². The fourth-order valence-corrected chi connectivity index (χ4v) is 9.79. The standard InChI is InChI=1S/C24H40O/c1-15-19-11-13-24(3)20-9-7-16-5-4-6-17(16)18(20)8-10-22(24)23(19,2)14-12-21(15)25/h15-22,25H,4-14H2,1-3H3/t15-,16?,17?,18?,19?,20?,21?,22?,23+,24+/m1/s1. The number of aliphatic hydroxyl groups is 1. The summed E-state index contributed by atoms with van der Waals surface area (Å²) in [7, 11) is 0. The molecule has 5 fully saturated rings. The number of hydrogen-bond donors (Lipinski definition) is 1. The molecule has 0 radical (unpaired) electrons. The van der Waals surface area contributed by atoms with Crippen molar-refractivity contribution >= 4 is 0 Å². The summed E-state index contributed by atoms with van der Waals surface area (Å²) in [6.07, 6.45) is 15.9. The Bertz CT molecular complexity index is 528. The topological polar surface area (TPSA) is 20.2 Å². The van der Waals surface area contributed by atoms with E-state index in [1.807, 2.05) is 0 Å². The van der Waals surface area contributed by atoms with E-state index in [1.165, 1.54) is 44.9 Å². The molecule has 5 rings (SSSR count). The van der Waals surface area contributed by atoms with E-state index < -0.39 is 0 Å². The van der Waals surface area contributed by atoms with Crippen LogP contribution in [0, 0.1) is 52.3 Å². The third-order valence-electron chi connectivity index (χ3n) is 10.9. The van der Waals surface area contributed by atoms with Gasteiger partial charge in [0, 0.05) is 0 Å². The maximum absolute atomic E-state index is 10.5. The van der Waals surface area contributed by atoms with Crippen molar-refractivity contribution in [1.82, 2.24) is 0 Å². The Morgan fingerprint density at radius 3 is 2.32 bits per heavy atom. The van der Waals surface area contributed by atoms with Gasteiger partial charge in [0.25, 0.3) is 0 Å². The first-order chi connectivity index (χ1) is 11.9. The highest BCUT2D eigenvalue weighted by atomic mass is 16.3. The van der Waals surface area contributed by atoms with Gasteiger partial charge in [0.15, 0.2) is 0 Å². The largest absolute Gasteiger partial charge is 0.393 e. The van der Waals surface area contributed by atoms with Crippen LogP contribution < -0.4 is 0 Å². The average molecular weight is 345 g/mol. The Morgan fingerprint density at radius 2 is 1.48 bits per heavy atom. The van der Waals surface area contributed by atoms with Gasteiger partial charge in [-0.2, -0.15) is 0 Å². The molecule has 5 aliphatic carbocycles. The summed E-state index contributed by atoms with van der Waals surface area (Å²) >= 11 is 0. The Hall–Kier alpha value is -0.0400. The van der Waals surface area contributed by atoms with E-state index in [0.29, 0.717) is 16.7 Å². The van der Waals surface area contributed by atoms with Gasteiger partial charge in [0.1, 0.15) is 0 Å². The lowest BCUT2D eigenvalue weighted by molar-refractivity contribution is -0.188. The molecular weight excluding hydrogens is 304 g/mol. The van der Waals surface area contributed by atoms with Crippen molar-refractivity contribution in [2.45, 2.75) is 97.5 Å². The SMILES string of the molecule is C[C@H]1C(O)CC[C@@]2(C)C1CC[C@@]1(C)C3CCC4CCCC4C3CCC12. The molecule has 5 saturated carbocycles. The first-order valence-corrected chi connectivity index (χ1v) is 11.6. The molecule has 0 aromatic carbocycles. The molecule has 142 valence electrons. The molecule has 1 heteroatoms. The number of fused-ring (bicyclic) bond motifs is 7. The van der Waals surface area contributed by atoms with Crippen molar-refractivity contribution in [2.75, 3.05) is 0 Å². The Kier molecular flexibility index (Phi) is 3.91. The van der Waals surface area contributed by atoms with Crippen molar-refractivity contribution in [2.24, 2.45) is 52.3 Å². The van der Waals surface area contributed by atoms with Gasteiger partial charge in [-0.1, -0.05) is 33.6 Å². The summed E-state index contributed by atoms with van der Waals surface area (Å²) in [6.45, 7) is 7.72. The van der Waals surface area contributed by atoms with Gasteiger partial charge in [-0.05, 0) is 110 Å². The monoisotopic (exact) mass is 344 g/mol. The van der Waals surface area contributed by atoms with E-state index in [9.17, 15) is 5.11 Å². The van der Waals surface area contributed by atoms with Gasteiger partial charge >= 0.3 is 0 Å². The zero-order valence-corrected chi connectivity index (χ0v) is 16.8. The third kappa shape index (κ3) is 2.23. The summed E-state index contributed by atoms with van der Waals surface area (Å²) in [5.74, 6) is 6.49. The van der Waals surface area contributed by atoms with Gasteiger partial charge in [-0.3, -0.25) is 0 Å². The summed E-state index contributed by atoms with van der Waals surface area (Å²) in [5.41, 5.74) is 1.10. The molecule has 0 aromatic heterocycles. The van der Waals surface area contributed by atoms with Gasteiger partial charge in [0.2, 0.25) is 0 Å². The lowest BCUT2D eigenvalue weighted by atomic mass is 9.38. The number of rotatable bonds is 0. The van der Waals surface area contributed by atoms with Crippen molar-refractivity contribution in [3.8, 4) is 0 Å². The van der Waals surface area contributed by atoms with E-state index in [1.54, 1.807) is 19.3 Å². The molecule has 0 heterocycles. The Balaban J connectivity index is 1.46. The zero-order valence-electron chi connectivity index (χ0n) is 16.8. The molecule has 25 heavy (non-hydrogen) atoms. The quantitative estimate of drug-likeness (QED) is 0.567. The molecule has 0 aliphatic heterocycles. The van der Waals surface area contributed by atoms with Crippen molar-refractivity contribution in [3.05, 3.63) is 0 Å². The van der Waals surface area contributed by atoms with Crippen molar-refractivity contribution in [1.29, 1.82) is 0 Å². The van der Waals surface area contributed by atoms with Crippen LogP contribution in [0.1, 0.15) is 91.4 Å². The molecule has 1 N–H and O–H groups in total. The van der Waals surface area contributed by atoms with E-state index in [0.717, 1.165) is 41.9 Å². The minimum absolute atomic E-state index is 0.0345. The summed E-state index contributed by atoms with van der Waals surface area (Å²) in [5, 5.41) is 10.5. The number of aliphatic hydroxyl groups excluding tert-OH is 1. The molecule has 7 unspecified atom stereocenters. The average Bonchev–Trinajstić information content (AvgIpc) is 3.07. The van der Waals surface area contributed by atoms with Gasteiger partial charge < -0.3 is 5.11 Å². The molecule has 0 aromatic rings. The lowest BCUT2D eigenvalue weighted by Gasteiger charge is -2.67. The minimum atomic E-state index is -0.0345. The molecule has 0 bridgehead atoms. The maximum Gasteiger partial charge on any atom is 0.0568 e. The van der Waals surface area contributed by atoms with Crippen molar-refractivity contribution in [3.63, 3.8) is 0 Å². The first kappa shape index (κ1) is 17.1. The van der Waals surface area contributed by atoms with E-state index >= 15 is 0 Å². The summed E-state index contributed by atoms with van der Waals surface area (Å²) < 4.78 is 0. The van der Waals surface area contributed by atoms with Crippen molar-refractivity contribution < 1.29 is 5.11 Å². The predicted molar refractivity (Wildman–Crippen MR) is 103 cm³/mol. The molecular formula is C24H40O. The second-order valence-corrected chi connectivity index (χ2v) is 11.5. The van der Waals surface area contributed by atoms with Crippen LogP contribution in [0.5, 0.6) is 0 Å². The molecule has 0 spiro atoms. The van der Waals surface area contributed by atoms with Crippen LogP contribution in [-0.2, 0) is 0 Å².